The first kappa shape index (κ1) is 14.7. The summed E-state index contributed by atoms with van der Waals surface area (Å²) < 4.78 is 2.70. The van der Waals surface area contributed by atoms with Gasteiger partial charge in [-0.05, 0) is 31.6 Å². The third-order valence-electron chi connectivity index (χ3n) is 4.68. The highest BCUT2D eigenvalue weighted by Gasteiger charge is 2.26. The van der Waals surface area contributed by atoms with Gasteiger partial charge in [0.1, 0.15) is 11.7 Å². The van der Waals surface area contributed by atoms with E-state index in [4.69, 9.17) is 0 Å². The minimum Gasteiger partial charge on any atom is -0.273 e. The lowest BCUT2D eigenvalue weighted by Gasteiger charge is -2.26. The molecule has 0 aliphatic heterocycles. The molecule has 2 aromatic heterocycles. The Balaban J connectivity index is 1.74. The lowest BCUT2D eigenvalue weighted by molar-refractivity contribution is -0.122. The molecule has 22 heavy (non-hydrogen) atoms. The van der Waals surface area contributed by atoms with Crippen molar-refractivity contribution in [1.82, 2.24) is 19.4 Å². The highest BCUT2D eigenvalue weighted by molar-refractivity contribution is 5.86. The highest BCUT2D eigenvalue weighted by Crippen LogP contribution is 2.30. The minimum absolute atomic E-state index is 0.0145. The second-order valence-corrected chi connectivity index (χ2v) is 6.03. The molecule has 1 aliphatic carbocycles. The Morgan fingerprint density at radius 2 is 2.09 bits per heavy atom. The van der Waals surface area contributed by atoms with E-state index in [0.717, 1.165) is 36.3 Å². The maximum atomic E-state index is 12.3. The minimum atomic E-state index is -0.298. The van der Waals surface area contributed by atoms with Crippen molar-refractivity contribution in [3.8, 4) is 0 Å². The van der Waals surface area contributed by atoms with E-state index in [1.165, 1.54) is 23.6 Å². The molecule has 1 saturated carbocycles. The number of carbonyl (C=O) groups excluding carboxylic acids is 1. The van der Waals surface area contributed by atoms with Crippen LogP contribution in [0, 0.1) is 11.8 Å². The number of carbonyl (C=O) groups is 1. The summed E-state index contributed by atoms with van der Waals surface area (Å²) in [6.07, 6.45) is 7.95. The van der Waals surface area contributed by atoms with Gasteiger partial charge in [0.25, 0.3) is 5.56 Å². The first-order valence-electron chi connectivity index (χ1n) is 7.80. The molecule has 0 aromatic carbocycles. The molecule has 118 valence electrons. The monoisotopic (exact) mass is 303 g/mol. The molecule has 7 nitrogen and oxygen atoms in total. The summed E-state index contributed by atoms with van der Waals surface area (Å²) in [5.41, 5.74) is 2.90. The predicted molar refractivity (Wildman–Crippen MR) is 82.9 cm³/mol. The summed E-state index contributed by atoms with van der Waals surface area (Å²) in [5, 5.41) is 4.42. The fraction of sp³-hybridized carbons (Fsp3) is 0.600. The van der Waals surface area contributed by atoms with E-state index in [9.17, 15) is 9.59 Å². The van der Waals surface area contributed by atoms with Crippen molar-refractivity contribution in [2.75, 3.05) is 5.43 Å². The Morgan fingerprint density at radius 3 is 2.77 bits per heavy atom. The Labute approximate surface area is 128 Å². The van der Waals surface area contributed by atoms with Crippen LogP contribution in [0.2, 0.25) is 0 Å². The second kappa shape index (κ2) is 5.90. The van der Waals surface area contributed by atoms with Gasteiger partial charge in [-0.25, -0.2) is 9.66 Å². The lowest BCUT2D eigenvalue weighted by Crippen LogP contribution is -2.37. The molecule has 0 atom stereocenters. The second-order valence-electron chi connectivity index (χ2n) is 6.03. The van der Waals surface area contributed by atoms with Crippen molar-refractivity contribution in [2.45, 2.75) is 39.0 Å². The van der Waals surface area contributed by atoms with E-state index >= 15 is 0 Å². The molecular formula is C15H21N5O2. The fourth-order valence-corrected chi connectivity index (χ4v) is 3.15. The van der Waals surface area contributed by atoms with Gasteiger partial charge in [-0.3, -0.25) is 19.7 Å². The summed E-state index contributed by atoms with van der Waals surface area (Å²) in [5.74, 6) is 0.626. The average Bonchev–Trinajstić information content (AvgIpc) is 2.92. The molecule has 1 aliphatic rings. The van der Waals surface area contributed by atoms with E-state index in [0.29, 0.717) is 11.0 Å². The number of hydrogen-bond donors (Lipinski definition) is 1. The van der Waals surface area contributed by atoms with E-state index in [-0.39, 0.29) is 17.4 Å². The Morgan fingerprint density at radius 1 is 1.36 bits per heavy atom. The van der Waals surface area contributed by atoms with Crippen LogP contribution in [-0.2, 0) is 11.8 Å². The van der Waals surface area contributed by atoms with Gasteiger partial charge in [0.2, 0.25) is 5.91 Å². The van der Waals surface area contributed by atoms with Crippen molar-refractivity contribution >= 4 is 16.9 Å². The molecule has 0 radical (unpaired) electrons. The Bertz CT molecular complexity index is 740. The first-order valence-corrected chi connectivity index (χ1v) is 7.80. The largest absolute Gasteiger partial charge is 0.283 e. The normalized spacial score (nSPS) is 21.9. The maximum absolute atomic E-state index is 12.3. The van der Waals surface area contributed by atoms with Gasteiger partial charge in [0.05, 0.1) is 6.20 Å². The number of hydrogen-bond acceptors (Lipinski definition) is 4. The van der Waals surface area contributed by atoms with Crippen LogP contribution >= 0.6 is 0 Å². The Kier molecular flexibility index (Phi) is 3.96. The third kappa shape index (κ3) is 2.63. The van der Waals surface area contributed by atoms with Gasteiger partial charge in [0, 0.05) is 13.0 Å². The maximum Gasteiger partial charge on any atom is 0.283 e. The predicted octanol–water partition coefficient (Wildman–Crippen LogP) is 1.42. The van der Waals surface area contributed by atoms with Crippen LogP contribution in [0.3, 0.4) is 0 Å². The number of fused-ring (bicyclic) bond motifs is 1. The summed E-state index contributed by atoms with van der Waals surface area (Å²) >= 11 is 0. The first-order chi connectivity index (χ1) is 10.6. The van der Waals surface area contributed by atoms with Gasteiger partial charge in [-0.15, -0.1) is 0 Å². The topological polar surface area (TPSA) is 81.8 Å². The molecule has 0 spiro atoms. The molecular weight excluding hydrogens is 282 g/mol. The number of amides is 1. The van der Waals surface area contributed by atoms with Crippen molar-refractivity contribution in [1.29, 1.82) is 0 Å². The number of rotatable bonds is 3. The zero-order chi connectivity index (χ0) is 15.7. The quantitative estimate of drug-likeness (QED) is 0.929. The van der Waals surface area contributed by atoms with Crippen molar-refractivity contribution in [3.63, 3.8) is 0 Å². The van der Waals surface area contributed by atoms with Crippen LogP contribution in [0.1, 0.15) is 39.0 Å². The van der Waals surface area contributed by atoms with E-state index in [2.05, 4.69) is 22.4 Å². The molecule has 7 heteroatoms. The molecule has 0 saturated heterocycles. The average molecular weight is 303 g/mol. The third-order valence-corrected chi connectivity index (χ3v) is 4.68. The number of nitrogens with zero attached hydrogens (tertiary/aromatic N) is 4. The highest BCUT2D eigenvalue weighted by atomic mass is 16.2. The summed E-state index contributed by atoms with van der Waals surface area (Å²) in [6, 6.07) is 0. The van der Waals surface area contributed by atoms with Crippen LogP contribution in [-0.4, -0.2) is 25.3 Å². The van der Waals surface area contributed by atoms with Crippen LogP contribution in [0.4, 0.5) is 0 Å². The summed E-state index contributed by atoms with van der Waals surface area (Å²) in [4.78, 5) is 28.8. The van der Waals surface area contributed by atoms with Gasteiger partial charge < -0.3 is 0 Å². The standard InChI is InChI=1S/C15H21N5O2/c1-3-10-4-6-11(7-5-10)14(21)18-20-9-16-13-12(15(20)22)8-17-19(13)2/h8-11H,3-7H2,1-2H3,(H,18,21). The molecule has 2 aromatic rings. The van der Waals surface area contributed by atoms with E-state index in [1.807, 2.05) is 0 Å². The van der Waals surface area contributed by atoms with E-state index < -0.39 is 0 Å². The summed E-state index contributed by atoms with van der Waals surface area (Å²) in [6.45, 7) is 2.19. The molecule has 0 unspecified atom stereocenters. The zero-order valence-electron chi connectivity index (χ0n) is 13.0. The number of nitrogens with one attached hydrogen (secondary N) is 1. The molecule has 3 rings (SSSR count). The molecule has 0 bridgehead atoms. The number of aryl methyl sites for hydroxylation is 1. The smallest absolute Gasteiger partial charge is 0.273 e. The molecule has 1 fully saturated rings. The van der Waals surface area contributed by atoms with E-state index in [1.54, 1.807) is 7.05 Å². The van der Waals surface area contributed by atoms with Crippen LogP contribution in [0.25, 0.3) is 11.0 Å². The van der Waals surface area contributed by atoms with Crippen LogP contribution < -0.4 is 11.0 Å². The van der Waals surface area contributed by atoms with Crippen molar-refractivity contribution in [2.24, 2.45) is 18.9 Å². The lowest BCUT2D eigenvalue weighted by atomic mass is 9.80. The van der Waals surface area contributed by atoms with Crippen LogP contribution in [0.15, 0.2) is 17.3 Å². The molecule has 1 amide bonds. The van der Waals surface area contributed by atoms with Crippen molar-refractivity contribution < 1.29 is 4.79 Å². The molecule has 1 N–H and O–H groups in total. The van der Waals surface area contributed by atoms with Gasteiger partial charge in [0.15, 0.2) is 5.65 Å². The van der Waals surface area contributed by atoms with Gasteiger partial charge in [-0.2, -0.15) is 5.10 Å². The van der Waals surface area contributed by atoms with Crippen molar-refractivity contribution in [3.05, 3.63) is 22.9 Å². The molecule has 2 heterocycles. The number of aromatic nitrogens is 4. The zero-order valence-corrected chi connectivity index (χ0v) is 13.0. The van der Waals surface area contributed by atoms with Gasteiger partial charge >= 0.3 is 0 Å². The summed E-state index contributed by atoms with van der Waals surface area (Å²) in [7, 11) is 1.73. The van der Waals surface area contributed by atoms with Gasteiger partial charge in [-0.1, -0.05) is 13.3 Å². The van der Waals surface area contributed by atoms with Crippen LogP contribution in [0.5, 0.6) is 0 Å². The fourth-order valence-electron chi connectivity index (χ4n) is 3.15. The SMILES string of the molecule is CCC1CCC(C(=O)Nn2cnc3c(cnn3C)c2=O)CC1. The Hall–Kier alpha value is -2.18.